The molecule has 0 spiro atoms. The van der Waals surface area contributed by atoms with Gasteiger partial charge in [-0.05, 0) is 42.3 Å². The van der Waals surface area contributed by atoms with Crippen molar-refractivity contribution in [3.8, 4) is 22.9 Å². The summed E-state index contributed by atoms with van der Waals surface area (Å²) < 4.78 is 5.82. The minimum Gasteiger partial charge on any atom is -0.507 e. The molecule has 2 aromatic carbocycles. The van der Waals surface area contributed by atoms with E-state index in [1.807, 2.05) is 43.3 Å². The zero-order valence-electron chi connectivity index (χ0n) is 15.8. The van der Waals surface area contributed by atoms with Gasteiger partial charge in [0.2, 0.25) is 5.82 Å². The van der Waals surface area contributed by atoms with Gasteiger partial charge < -0.3 is 9.84 Å². The van der Waals surface area contributed by atoms with Crippen molar-refractivity contribution in [2.45, 2.75) is 26.7 Å². The standard InChI is InChI=1S/C21H22N4O3/c1-3-5-18-19(12-11-17(14(2)26)20(18)27)28-13-4-6-15-7-9-16(10-8-15)21-22-24-25-23-21/h4,6-12,27H,3,5,13H2,1-2H3,(H,22,23,24,25)/b6-4+. The highest BCUT2D eigenvalue weighted by atomic mass is 16.5. The van der Waals surface area contributed by atoms with Crippen LogP contribution in [-0.2, 0) is 6.42 Å². The highest BCUT2D eigenvalue weighted by Gasteiger charge is 2.15. The molecule has 0 atom stereocenters. The number of phenolic OH excluding ortho intramolecular Hbond substituents is 1. The van der Waals surface area contributed by atoms with E-state index in [9.17, 15) is 9.90 Å². The predicted octanol–water partition coefficient (Wildman–Crippen LogP) is 3.82. The number of phenols is 1. The molecule has 0 aliphatic rings. The minimum absolute atomic E-state index is 0.0212. The molecule has 0 radical (unpaired) electrons. The molecule has 0 aliphatic carbocycles. The number of ether oxygens (including phenoxy) is 1. The average molecular weight is 378 g/mol. The van der Waals surface area contributed by atoms with Crippen LogP contribution in [0, 0.1) is 0 Å². The van der Waals surface area contributed by atoms with E-state index < -0.39 is 0 Å². The van der Waals surface area contributed by atoms with Crippen molar-refractivity contribution in [1.29, 1.82) is 0 Å². The Hall–Kier alpha value is -3.48. The maximum absolute atomic E-state index is 11.6. The second kappa shape index (κ2) is 8.94. The fourth-order valence-electron chi connectivity index (χ4n) is 2.88. The molecular formula is C21H22N4O3. The molecule has 28 heavy (non-hydrogen) atoms. The molecule has 144 valence electrons. The number of rotatable bonds is 8. The van der Waals surface area contributed by atoms with Crippen molar-refractivity contribution in [1.82, 2.24) is 20.6 Å². The van der Waals surface area contributed by atoms with Crippen LogP contribution in [0.2, 0.25) is 0 Å². The van der Waals surface area contributed by atoms with Crippen molar-refractivity contribution >= 4 is 11.9 Å². The molecule has 0 unspecified atom stereocenters. The first-order chi connectivity index (χ1) is 13.6. The van der Waals surface area contributed by atoms with Crippen LogP contribution in [0.25, 0.3) is 17.5 Å². The number of hydrogen-bond donors (Lipinski definition) is 2. The first-order valence-electron chi connectivity index (χ1n) is 9.09. The lowest BCUT2D eigenvalue weighted by molar-refractivity contribution is 0.101. The number of hydrogen-bond acceptors (Lipinski definition) is 6. The predicted molar refractivity (Wildman–Crippen MR) is 106 cm³/mol. The number of Topliss-reactive ketones (excluding diaryl/α,β-unsaturated/α-hetero) is 1. The van der Waals surface area contributed by atoms with Gasteiger partial charge in [-0.15, -0.1) is 10.2 Å². The second-order valence-electron chi connectivity index (χ2n) is 6.32. The third kappa shape index (κ3) is 4.43. The molecule has 0 saturated carbocycles. The van der Waals surface area contributed by atoms with Crippen molar-refractivity contribution < 1.29 is 14.6 Å². The number of aromatic nitrogens is 4. The number of benzene rings is 2. The van der Waals surface area contributed by atoms with Gasteiger partial charge in [-0.3, -0.25) is 4.79 Å². The van der Waals surface area contributed by atoms with E-state index in [4.69, 9.17) is 4.74 Å². The number of ketones is 1. The van der Waals surface area contributed by atoms with Gasteiger partial charge in [0.1, 0.15) is 18.1 Å². The summed E-state index contributed by atoms with van der Waals surface area (Å²) in [4.78, 5) is 11.6. The normalized spacial score (nSPS) is 11.1. The Morgan fingerprint density at radius 1 is 1.21 bits per heavy atom. The third-order valence-electron chi connectivity index (χ3n) is 4.28. The number of aromatic amines is 1. The number of H-pyrrole nitrogens is 1. The summed E-state index contributed by atoms with van der Waals surface area (Å²) in [7, 11) is 0. The average Bonchev–Trinajstić information content (AvgIpc) is 3.22. The lowest BCUT2D eigenvalue weighted by atomic mass is 10.0. The van der Waals surface area contributed by atoms with Crippen LogP contribution in [0.1, 0.15) is 41.8 Å². The number of nitrogens with one attached hydrogen (secondary N) is 1. The molecule has 0 amide bonds. The van der Waals surface area contributed by atoms with Gasteiger partial charge in [-0.2, -0.15) is 5.21 Å². The molecular weight excluding hydrogens is 356 g/mol. The molecule has 2 N–H and O–H groups in total. The SMILES string of the molecule is CCCc1c(OC/C=C/c2ccc(-c3nn[nH]n3)cc2)ccc(C(C)=O)c1O. The smallest absolute Gasteiger partial charge is 0.204 e. The van der Waals surface area contributed by atoms with E-state index in [2.05, 4.69) is 20.6 Å². The summed E-state index contributed by atoms with van der Waals surface area (Å²) in [6, 6.07) is 11.1. The van der Waals surface area contributed by atoms with Crippen molar-refractivity contribution in [2.75, 3.05) is 6.61 Å². The van der Waals surface area contributed by atoms with E-state index in [0.29, 0.717) is 35.7 Å². The van der Waals surface area contributed by atoms with Gasteiger partial charge in [-0.1, -0.05) is 43.7 Å². The maximum atomic E-state index is 11.6. The molecule has 1 heterocycles. The lowest BCUT2D eigenvalue weighted by Gasteiger charge is -2.13. The number of tetrazole rings is 1. The lowest BCUT2D eigenvalue weighted by Crippen LogP contribution is -2.02. The van der Waals surface area contributed by atoms with Crippen LogP contribution in [0.5, 0.6) is 11.5 Å². The quantitative estimate of drug-likeness (QED) is 0.578. The summed E-state index contributed by atoms with van der Waals surface area (Å²) >= 11 is 0. The Labute approximate surface area is 163 Å². The van der Waals surface area contributed by atoms with E-state index in [1.54, 1.807) is 12.1 Å². The summed E-state index contributed by atoms with van der Waals surface area (Å²) in [6.45, 7) is 3.81. The number of aromatic hydroxyl groups is 1. The van der Waals surface area contributed by atoms with Crippen molar-refractivity contribution in [3.05, 3.63) is 59.2 Å². The Morgan fingerprint density at radius 2 is 2.00 bits per heavy atom. The fraction of sp³-hybridized carbons (Fsp3) is 0.238. The van der Waals surface area contributed by atoms with Crippen LogP contribution >= 0.6 is 0 Å². The van der Waals surface area contributed by atoms with E-state index in [0.717, 1.165) is 17.5 Å². The topological polar surface area (TPSA) is 101 Å². The third-order valence-corrected chi connectivity index (χ3v) is 4.28. The summed E-state index contributed by atoms with van der Waals surface area (Å²) in [5.74, 6) is 1.01. The van der Waals surface area contributed by atoms with E-state index >= 15 is 0 Å². The van der Waals surface area contributed by atoms with Crippen LogP contribution in [0.4, 0.5) is 0 Å². The van der Waals surface area contributed by atoms with E-state index in [-0.39, 0.29) is 11.5 Å². The number of carbonyl (C=O) groups excluding carboxylic acids is 1. The van der Waals surface area contributed by atoms with E-state index in [1.165, 1.54) is 6.92 Å². The molecule has 7 nitrogen and oxygen atoms in total. The number of nitrogens with zero attached hydrogens (tertiary/aromatic N) is 3. The molecule has 0 saturated heterocycles. The largest absolute Gasteiger partial charge is 0.507 e. The van der Waals surface area contributed by atoms with Crippen LogP contribution in [0.15, 0.2) is 42.5 Å². The molecule has 1 aromatic heterocycles. The minimum atomic E-state index is -0.162. The Morgan fingerprint density at radius 3 is 2.64 bits per heavy atom. The molecule has 0 bridgehead atoms. The second-order valence-corrected chi connectivity index (χ2v) is 6.32. The first kappa shape index (κ1) is 19.3. The highest BCUT2D eigenvalue weighted by molar-refractivity contribution is 5.97. The van der Waals surface area contributed by atoms with Gasteiger partial charge in [0.05, 0.1) is 5.56 Å². The molecule has 7 heteroatoms. The van der Waals surface area contributed by atoms with Crippen LogP contribution in [0.3, 0.4) is 0 Å². The Balaban J connectivity index is 1.65. The van der Waals surface area contributed by atoms with Crippen molar-refractivity contribution in [2.24, 2.45) is 0 Å². The monoisotopic (exact) mass is 378 g/mol. The number of carbonyl (C=O) groups is 1. The van der Waals surface area contributed by atoms with Crippen molar-refractivity contribution in [3.63, 3.8) is 0 Å². The molecule has 3 aromatic rings. The molecule has 0 aliphatic heterocycles. The van der Waals surface area contributed by atoms with Gasteiger partial charge in [-0.25, -0.2) is 0 Å². The fourth-order valence-corrected chi connectivity index (χ4v) is 2.88. The van der Waals surface area contributed by atoms with Gasteiger partial charge in [0, 0.05) is 11.1 Å². The Kier molecular flexibility index (Phi) is 6.16. The molecule has 3 rings (SSSR count). The first-order valence-corrected chi connectivity index (χ1v) is 9.09. The Bertz CT molecular complexity index is 964. The maximum Gasteiger partial charge on any atom is 0.204 e. The summed E-state index contributed by atoms with van der Waals surface area (Å²) in [5.41, 5.74) is 2.90. The molecule has 0 fully saturated rings. The zero-order valence-corrected chi connectivity index (χ0v) is 15.8. The van der Waals surface area contributed by atoms with Gasteiger partial charge in [0.15, 0.2) is 5.78 Å². The van der Waals surface area contributed by atoms with Crippen LogP contribution < -0.4 is 4.74 Å². The highest BCUT2D eigenvalue weighted by Crippen LogP contribution is 2.33. The van der Waals surface area contributed by atoms with Crippen LogP contribution in [-0.4, -0.2) is 38.1 Å². The summed E-state index contributed by atoms with van der Waals surface area (Å²) in [6.07, 6.45) is 5.33. The zero-order chi connectivity index (χ0) is 19.9. The van der Waals surface area contributed by atoms with Gasteiger partial charge in [0.25, 0.3) is 0 Å². The van der Waals surface area contributed by atoms with Gasteiger partial charge >= 0.3 is 0 Å². The summed E-state index contributed by atoms with van der Waals surface area (Å²) in [5, 5.41) is 24.2.